The van der Waals surface area contributed by atoms with Crippen molar-refractivity contribution in [3.8, 4) is 21.8 Å². The van der Waals surface area contributed by atoms with Gasteiger partial charge in [-0.3, -0.25) is 5.41 Å². The summed E-state index contributed by atoms with van der Waals surface area (Å²) in [5, 5.41) is 15.4. The fourth-order valence-corrected chi connectivity index (χ4v) is 6.41. The normalized spacial score (nSPS) is 21.2. The van der Waals surface area contributed by atoms with Crippen molar-refractivity contribution in [1.29, 1.82) is 5.41 Å². The average Bonchev–Trinajstić information content (AvgIpc) is 3.26. The van der Waals surface area contributed by atoms with E-state index in [4.69, 9.17) is 21.5 Å². The molecule has 8 nitrogen and oxygen atoms in total. The quantitative estimate of drug-likeness (QED) is 0.630. The summed E-state index contributed by atoms with van der Waals surface area (Å²) in [7, 11) is -2.25. The van der Waals surface area contributed by atoms with Crippen LogP contribution in [0, 0.1) is 12.3 Å². The molecule has 2 aromatic heterocycles. The smallest absolute Gasteiger partial charge is 0.239 e. The van der Waals surface area contributed by atoms with Crippen LogP contribution in [-0.4, -0.2) is 41.6 Å². The zero-order valence-corrected chi connectivity index (χ0v) is 18.2. The number of rotatable bonds is 3. The van der Waals surface area contributed by atoms with Crippen molar-refractivity contribution in [1.82, 2.24) is 19.8 Å². The van der Waals surface area contributed by atoms with Crippen LogP contribution in [0.5, 0.6) is 0 Å². The summed E-state index contributed by atoms with van der Waals surface area (Å²) in [6.07, 6.45) is 0. The van der Waals surface area contributed by atoms with Crippen molar-refractivity contribution in [2.24, 2.45) is 0 Å². The lowest BCUT2D eigenvalue weighted by Crippen LogP contribution is -2.60. The molecule has 0 aliphatic carbocycles. The highest BCUT2D eigenvalue weighted by molar-refractivity contribution is 7.89. The Bertz CT molecular complexity index is 1220. The molecule has 0 bridgehead atoms. The third kappa shape index (κ3) is 3.52. The third-order valence-electron chi connectivity index (χ3n) is 4.72. The Morgan fingerprint density at radius 3 is 2.72 bits per heavy atom. The van der Waals surface area contributed by atoms with E-state index in [-0.39, 0.29) is 11.7 Å². The second-order valence-corrected chi connectivity index (χ2v) is 10.5. The van der Waals surface area contributed by atoms with E-state index in [0.29, 0.717) is 21.6 Å². The highest BCUT2D eigenvalue weighted by Crippen LogP contribution is 2.42. The van der Waals surface area contributed by atoms with E-state index in [9.17, 15) is 8.42 Å². The Morgan fingerprint density at radius 1 is 1.34 bits per heavy atom. The summed E-state index contributed by atoms with van der Waals surface area (Å²) in [6, 6.07) is 9.45. The maximum absolute atomic E-state index is 12.5. The summed E-state index contributed by atoms with van der Waals surface area (Å²) in [5.41, 5.74) is 0.709. The molecule has 4 rings (SSSR count). The fourth-order valence-electron chi connectivity index (χ4n) is 3.21. The molecule has 11 heteroatoms. The molecule has 1 fully saturated rings. The number of aromatic nitrogens is 2. The van der Waals surface area contributed by atoms with Crippen molar-refractivity contribution in [2.45, 2.75) is 19.4 Å². The Labute approximate surface area is 177 Å². The number of sulfonamides is 1. The van der Waals surface area contributed by atoms with E-state index in [2.05, 4.69) is 15.5 Å². The standard InChI is InChI=1S/C18H18ClN5O3S2/c1-10-21-16(23-27-10)12-6-4-5-11(7-12)14-8-13(19)15(28-14)18(2)9-29(25,26)24(3)17(20)22-18/h4-8H,9H2,1-3H3,(H2,20,22)/t18-/m0/s1. The predicted molar refractivity (Wildman–Crippen MR) is 113 cm³/mol. The Hall–Kier alpha value is -2.43. The van der Waals surface area contributed by atoms with Gasteiger partial charge in [-0.25, -0.2) is 12.7 Å². The Kier molecular flexibility index (Phi) is 4.67. The zero-order chi connectivity index (χ0) is 21.0. The minimum Gasteiger partial charge on any atom is -0.344 e. The molecule has 1 aromatic carbocycles. The van der Waals surface area contributed by atoms with Crippen LogP contribution in [0.1, 0.15) is 17.7 Å². The van der Waals surface area contributed by atoms with Crippen LogP contribution in [0.25, 0.3) is 21.8 Å². The van der Waals surface area contributed by atoms with Gasteiger partial charge in [-0.1, -0.05) is 35.0 Å². The van der Waals surface area contributed by atoms with Gasteiger partial charge < -0.3 is 9.84 Å². The number of nitrogens with one attached hydrogen (secondary N) is 2. The molecule has 0 spiro atoms. The number of aryl methyl sites for hydroxylation is 1. The van der Waals surface area contributed by atoms with Gasteiger partial charge in [-0.15, -0.1) is 11.3 Å². The second-order valence-electron chi connectivity index (χ2n) is 7.03. The van der Waals surface area contributed by atoms with Gasteiger partial charge in [0.15, 0.2) is 0 Å². The SMILES string of the molecule is Cc1nc(-c2cccc(-c3cc(Cl)c([C@]4(C)CS(=O)(=O)N(C)C(=N)N4)s3)c2)no1. The molecule has 1 aliphatic heterocycles. The minimum atomic E-state index is -3.61. The lowest BCUT2D eigenvalue weighted by molar-refractivity contribution is 0.394. The minimum absolute atomic E-state index is 0.181. The molecule has 0 amide bonds. The van der Waals surface area contributed by atoms with Crippen LogP contribution in [0.2, 0.25) is 5.02 Å². The lowest BCUT2D eigenvalue weighted by atomic mass is 10.0. The molecular formula is C18H18ClN5O3S2. The molecule has 1 atom stereocenters. The number of nitrogens with zero attached hydrogens (tertiary/aromatic N) is 3. The molecule has 29 heavy (non-hydrogen) atoms. The van der Waals surface area contributed by atoms with E-state index in [1.54, 1.807) is 13.8 Å². The fraction of sp³-hybridized carbons (Fsp3) is 0.278. The van der Waals surface area contributed by atoms with Gasteiger partial charge in [0.25, 0.3) is 0 Å². The van der Waals surface area contributed by atoms with E-state index in [1.807, 2.05) is 30.3 Å². The zero-order valence-electron chi connectivity index (χ0n) is 15.9. The Balaban J connectivity index is 1.73. The van der Waals surface area contributed by atoms with Crippen LogP contribution < -0.4 is 5.32 Å². The predicted octanol–water partition coefficient (Wildman–Crippen LogP) is 3.44. The summed E-state index contributed by atoms with van der Waals surface area (Å²) in [4.78, 5) is 5.79. The van der Waals surface area contributed by atoms with E-state index < -0.39 is 15.6 Å². The number of benzene rings is 1. The van der Waals surface area contributed by atoms with Crippen LogP contribution in [0.4, 0.5) is 0 Å². The van der Waals surface area contributed by atoms with E-state index >= 15 is 0 Å². The van der Waals surface area contributed by atoms with Crippen molar-refractivity contribution >= 4 is 38.9 Å². The van der Waals surface area contributed by atoms with E-state index in [0.717, 1.165) is 20.3 Å². The van der Waals surface area contributed by atoms with Gasteiger partial charge in [-0.2, -0.15) is 4.98 Å². The van der Waals surface area contributed by atoms with Crippen molar-refractivity contribution in [2.75, 3.05) is 12.8 Å². The van der Waals surface area contributed by atoms with Gasteiger partial charge in [0.05, 0.1) is 21.2 Å². The van der Waals surface area contributed by atoms with Crippen molar-refractivity contribution in [3.63, 3.8) is 0 Å². The first kappa shape index (κ1) is 19.9. The largest absolute Gasteiger partial charge is 0.344 e. The van der Waals surface area contributed by atoms with Gasteiger partial charge in [0.2, 0.25) is 27.7 Å². The molecular weight excluding hydrogens is 434 g/mol. The first-order chi connectivity index (χ1) is 13.6. The third-order valence-corrected chi connectivity index (χ3v) is 8.54. The first-order valence-electron chi connectivity index (χ1n) is 8.63. The number of thiophene rings is 1. The molecule has 1 aliphatic rings. The maximum Gasteiger partial charge on any atom is 0.239 e. The summed E-state index contributed by atoms with van der Waals surface area (Å²) >= 11 is 7.90. The molecule has 3 aromatic rings. The molecule has 3 heterocycles. The summed E-state index contributed by atoms with van der Waals surface area (Å²) in [6.45, 7) is 3.47. The number of halogens is 1. The van der Waals surface area contributed by atoms with Gasteiger partial charge in [-0.05, 0) is 24.6 Å². The molecule has 0 saturated carbocycles. The lowest BCUT2D eigenvalue weighted by Gasteiger charge is -2.39. The monoisotopic (exact) mass is 451 g/mol. The number of hydrogen-bond acceptors (Lipinski definition) is 7. The average molecular weight is 452 g/mol. The van der Waals surface area contributed by atoms with Crippen molar-refractivity contribution < 1.29 is 12.9 Å². The number of guanidine groups is 1. The highest BCUT2D eigenvalue weighted by Gasteiger charge is 2.44. The first-order valence-corrected chi connectivity index (χ1v) is 11.4. The van der Waals surface area contributed by atoms with Gasteiger partial charge in [0, 0.05) is 24.4 Å². The van der Waals surface area contributed by atoms with Crippen LogP contribution >= 0.6 is 22.9 Å². The molecule has 0 radical (unpaired) electrons. The number of hydrogen-bond donors (Lipinski definition) is 2. The van der Waals surface area contributed by atoms with Crippen LogP contribution in [0.15, 0.2) is 34.9 Å². The Morgan fingerprint density at radius 2 is 2.07 bits per heavy atom. The topological polar surface area (TPSA) is 112 Å². The van der Waals surface area contributed by atoms with Crippen molar-refractivity contribution in [3.05, 3.63) is 46.1 Å². The highest BCUT2D eigenvalue weighted by atomic mass is 35.5. The van der Waals surface area contributed by atoms with Crippen LogP contribution in [0.3, 0.4) is 0 Å². The van der Waals surface area contributed by atoms with Gasteiger partial charge in [0.1, 0.15) is 0 Å². The van der Waals surface area contributed by atoms with E-state index in [1.165, 1.54) is 18.4 Å². The molecule has 0 unspecified atom stereocenters. The summed E-state index contributed by atoms with van der Waals surface area (Å²) in [5.74, 6) is 0.604. The molecule has 1 saturated heterocycles. The molecule has 2 N–H and O–H groups in total. The second kappa shape index (κ2) is 6.82. The van der Waals surface area contributed by atoms with Gasteiger partial charge >= 0.3 is 0 Å². The maximum atomic E-state index is 12.5. The van der Waals surface area contributed by atoms with Crippen LogP contribution in [-0.2, 0) is 15.6 Å². The summed E-state index contributed by atoms with van der Waals surface area (Å²) < 4.78 is 30.9. The molecule has 152 valence electrons.